The molecule has 2 rings (SSSR count). The highest BCUT2D eigenvalue weighted by molar-refractivity contribution is 5.93. The molecule has 0 radical (unpaired) electrons. The number of carbonyl (C=O) groups is 2. The molecule has 0 spiro atoms. The van der Waals surface area contributed by atoms with Gasteiger partial charge >= 0.3 is 0 Å². The van der Waals surface area contributed by atoms with Crippen molar-refractivity contribution >= 4 is 11.8 Å². The van der Waals surface area contributed by atoms with E-state index in [2.05, 4.69) is 15.8 Å². The van der Waals surface area contributed by atoms with Gasteiger partial charge in [0.05, 0.1) is 0 Å². The van der Waals surface area contributed by atoms with Crippen LogP contribution in [0.5, 0.6) is 5.75 Å². The van der Waals surface area contributed by atoms with Crippen LogP contribution in [0.4, 0.5) is 0 Å². The first-order chi connectivity index (χ1) is 10.6. The van der Waals surface area contributed by atoms with Gasteiger partial charge in [0.2, 0.25) is 0 Å². The fourth-order valence-electron chi connectivity index (χ4n) is 1.73. The molecule has 1 aromatic heterocycles. The third-order valence-corrected chi connectivity index (χ3v) is 2.92. The van der Waals surface area contributed by atoms with E-state index in [1.165, 1.54) is 6.20 Å². The molecular formula is C16H17N3O3. The number of nitrogens with zero attached hydrogens (tertiary/aromatic N) is 1. The Balaban J connectivity index is 1.81. The number of aryl methyl sites for hydroxylation is 2. The largest absolute Gasteiger partial charge is 0.483 e. The molecule has 0 aliphatic heterocycles. The van der Waals surface area contributed by atoms with Crippen LogP contribution in [0.2, 0.25) is 0 Å². The normalized spacial score (nSPS) is 9.91. The summed E-state index contributed by atoms with van der Waals surface area (Å²) in [4.78, 5) is 27.2. The summed E-state index contributed by atoms with van der Waals surface area (Å²) in [5, 5.41) is 0. The van der Waals surface area contributed by atoms with Crippen molar-refractivity contribution in [1.29, 1.82) is 0 Å². The Hall–Kier alpha value is -2.89. The Morgan fingerprint density at radius 3 is 2.68 bits per heavy atom. The van der Waals surface area contributed by atoms with E-state index in [4.69, 9.17) is 4.74 Å². The van der Waals surface area contributed by atoms with Crippen LogP contribution in [0.1, 0.15) is 21.6 Å². The molecule has 0 saturated heterocycles. The van der Waals surface area contributed by atoms with E-state index < -0.39 is 11.8 Å². The highest BCUT2D eigenvalue weighted by Gasteiger charge is 2.09. The molecule has 6 nitrogen and oxygen atoms in total. The van der Waals surface area contributed by atoms with Crippen molar-refractivity contribution < 1.29 is 14.3 Å². The number of aromatic nitrogens is 1. The predicted molar refractivity (Wildman–Crippen MR) is 81.3 cm³/mol. The minimum Gasteiger partial charge on any atom is -0.483 e. The number of rotatable bonds is 4. The Morgan fingerprint density at radius 1 is 1.14 bits per heavy atom. The highest BCUT2D eigenvalue weighted by atomic mass is 16.5. The van der Waals surface area contributed by atoms with Gasteiger partial charge in [-0.3, -0.25) is 25.4 Å². The summed E-state index contributed by atoms with van der Waals surface area (Å²) in [6.07, 6.45) is 1.50. The average molecular weight is 299 g/mol. The topological polar surface area (TPSA) is 80.3 Å². The van der Waals surface area contributed by atoms with Crippen LogP contribution in [-0.4, -0.2) is 23.4 Å². The van der Waals surface area contributed by atoms with Crippen molar-refractivity contribution in [3.8, 4) is 5.75 Å². The molecule has 0 atom stereocenters. The van der Waals surface area contributed by atoms with E-state index in [0.29, 0.717) is 5.75 Å². The van der Waals surface area contributed by atoms with Crippen molar-refractivity contribution in [2.24, 2.45) is 0 Å². The second-order valence-electron chi connectivity index (χ2n) is 4.77. The lowest BCUT2D eigenvalue weighted by Gasteiger charge is -2.10. The molecular weight excluding hydrogens is 282 g/mol. The lowest BCUT2D eigenvalue weighted by molar-refractivity contribution is -0.123. The lowest BCUT2D eigenvalue weighted by atomic mass is 10.1. The van der Waals surface area contributed by atoms with E-state index in [9.17, 15) is 9.59 Å². The molecule has 2 amide bonds. The maximum atomic E-state index is 11.7. The molecule has 22 heavy (non-hydrogen) atoms. The number of nitrogens with one attached hydrogen (secondary N) is 2. The standard InChI is InChI=1S/C16H17N3O3/c1-11-6-7-12(2)14(9-11)22-10-15(20)18-19-16(21)13-5-3-4-8-17-13/h3-9H,10H2,1-2H3,(H,18,20)(H,19,21). The van der Waals surface area contributed by atoms with Gasteiger partial charge in [-0.1, -0.05) is 18.2 Å². The number of benzene rings is 1. The predicted octanol–water partition coefficient (Wildman–Crippen LogP) is 1.54. The van der Waals surface area contributed by atoms with Gasteiger partial charge in [0.15, 0.2) is 6.61 Å². The van der Waals surface area contributed by atoms with Crippen LogP contribution in [-0.2, 0) is 4.79 Å². The van der Waals surface area contributed by atoms with Crippen molar-refractivity contribution in [2.45, 2.75) is 13.8 Å². The first kappa shape index (κ1) is 15.5. The van der Waals surface area contributed by atoms with E-state index in [-0.39, 0.29) is 12.3 Å². The zero-order valence-corrected chi connectivity index (χ0v) is 12.4. The SMILES string of the molecule is Cc1ccc(C)c(OCC(=O)NNC(=O)c2ccccn2)c1. The zero-order chi connectivity index (χ0) is 15.9. The number of carbonyl (C=O) groups excluding carboxylic acids is 2. The van der Waals surface area contributed by atoms with Gasteiger partial charge < -0.3 is 4.74 Å². The first-order valence-corrected chi connectivity index (χ1v) is 6.76. The Kier molecular flexibility index (Phi) is 5.08. The smallest absolute Gasteiger partial charge is 0.288 e. The maximum absolute atomic E-state index is 11.7. The summed E-state index contributed by atoms with van der Waals surface area (Å²) in [7, 11) is 0. The molecule has 6 heteroatoms. The minimum atomic E-state index is -0.485. The molecule has 2 N–H and O–H groups in total. The van der Waals surface area contributed by atoms with Gasteiger partial charge in [-0.05, 0) is 43.2 Å². The molecule has 114 valence electrons. The fourth-order valence-corrected chi connectivity index (χ4v) is 1.73. The quantitative estimate of drug-likeness (QED) is 0.839. The second kappa shape index (κ2) is 7.21. The maximum Gasteiger partial charge on any atom is 0.288 e. The summed E-state index contributed by atoms with van der Waals surface area (Å²) in [5.74, 6) is -0.294. The summed E-state index contributed by atoms with van der Waals surface area (Å²) < 4.78 is 5.44. The summed E-state index contributed by atoms with van der Waals surface area (Å²) in [6, 6.07) is 10.7. The van der Waals surface area contributed by atoms with Crippen LogP contribution in [0.25, 0.3) is 0 Å². The number of ether oxygens (including phenoxy) is 1. The highest BCUT2D eigenvalue weighted by Crippen LogP contribution is 2.18. The number of hydrogen-bond donors (Lipinski definition) is 2. The van der Waals surface area contributed by atoms with E-state index in [1.807, 2.05) is 32.0 Å². The third kappa shape index (κ3) is 4.31. The Labute approximate surface area is 128 Å². The summed E-state index contributed by atoms with van der Waals surface area (Å²) in [5.41, 5.74) is 6.77. The van der Waals surface area contributed by atoms with Crippen molar-refractivity contribution in [1.82, 2.24) is 15.8 Å². The molecule has 1 heterocycles. The third-order valence-electron chi connectivity index (χ3n) is 2.92. The minimum absolute atomic E-state index is 0.188. The summed E-state index contributed by atoms with van der Waals surface area (Å²) >= 11 is 0. The van der Waals surface area contributed by atoms with Crippen molar-refractivity contribution in [2.75, 3.05) is 6.61 Å². The van der Waals surface area contributed by atoms with Crippen LogP contribution in [0.15, 0.2) is 42.6 Å². The van der Waals surface area contributed by atoms with Crippen LogP contribution < -0.4 is 15.6 Å². The van der Waals surface area contributed by atoms with Gasteiger partial charge in [-0.2, -0.15) is 0 Å². The first-order valence-electron chi connectivity index (χ1n) is 6.76. The molecule has 0 saturated carbocycles. The molecule has 0 unspecified atom stereocenters. The second-order valence-corrected chi connectivity index (χ2v) is 4.77. The van der Waals surface area contributed by atoms with E-state index in [1.54, 1.807) is 18.2 Å². The molecule has 0 bridgehead atoms. The summed E-state index contributed by atoms with van der Waals surface area (Å²) in [6.45, 7) is 3.65. The number of amides is 2. The average Bonchev–Trinajstić information content (AvgIpc) is 2.54. The van der Waals surface area contributed by atoms with Crippen molar-refractivity contribution in [3.05, 3.63) is 59.4 Å². The van der Waals surface area contributed by atoms with E-state index >= 15 is 0 Å². The molecule has 0 aliphatic rings. The van der Waals surface area contributed by atoms with Crippen molar-refractivity contribution in [3.63, 3.8) is 0 Å². The van der Waals surface area contributed by atoms with E-state index in [0.717, 1.165) is 11.1 Å². The van der Waals surface area contributed by atoms with Gasteiger partial charge in [0, 0.05) is 6.20 Å². The van der Waals surface area contributed by atoms with Crippen LogP contribution in [0, 0.1) is 13.8 Å². The van der Waals surface area contributed by atoms with Gasteiger partial charge in [-0.25, -0.2) is 0 Å². The molecule has 2 aromatic rings. The number of pyridine rings is 1. The monoisotopic (exact) mass is 299 g/mol. The van der Waals surface area contributed by atoms with Gasteiger partial charge in [-0.15, -0.1) is 0 Å². The van der Waals surface area contributed by atoms with Crippen LogP contribution in [0.3, 0.4) is 0 Å². The van der Waals surface area contributed by atoms with Crippen LogP contribution >= 0.6 is 0 Å². The fraction of sp³-hybridized carbons (Fsp3) is 0.188. The molecule has 0 fully saturated rings. The number of hydrogen-bond acceptors (Lipinski definition) is 4. The number of hydrazine groups is 1. The van der Waals surface area contributed by atoms with Gasteiger partial charge in [0.1, 0.15) is 11.4 Å². The Morgan fingerprint density at radius 2 is 1.95 bits per heavy atom. The molecule has 0 aliphatic carbocycles. The van der Waals surface area contributed by atoms with Gasteiger partial charge in [0.25, 0.3) is 11.8 Å². The Bertz CT molecular complexity index is 672. The molecule has 1 aromatic carbocycles. The zero-order valence-electron chi connectivity index (χ0n) is 12.4. The lowest BCUT2D eigenvalue weighted by Crippen LogP contribution is -2.44.